The molecular formula is C22H23Cl2N3. The third kappa shape index (κ3) is 3.47. The molecule has 5 heteroatoms. The van der Waals surface area contributed by atoms with Crippen molar-refractivity contribution in [2.75, 3.05) is 31.1 Å². The number of anilines is 1. The van der Waals surface area contributed by atoms with Crippen molar-refractivity contribution in [1.29, 1.82) is 0 Å². The van der Waals surface area contributed by atoms with Crippen molar-refractivity contribution in [1.82, 2.24) is 9.88 Å². The molecule has 0 unspecified atom stereocenters. The Morgan fingerprint density at radius 2 is 1.63 bits per heavy atom. The maximum absolute atomic E-state index is 6.80. The molecule has 0 bridgehead atoms. The number of halogens is 2. The van der Waals surface area contributed by atoms with Crippen LogP contribution in [0.4, 0.5) is 5.69 Å². The number of piperazine rings is 1. The smallest absolute Gasteiger partial charge is 0.0697 e. The summed E-state index contributed by atoms with van der Waals surface area (Å²) in [6.45, 7) is 6.15. The number of nitrogens with zero attached hydrogens (tertiary/aromatic N) is 2. The first-order valence-corrected chi connectivity index (χ1v) is 9.98. The quantitative estimate of drug-likeness (QED) is 0.637. The largest absolute Gasteiger partial charge is 0.369 e. The van der Waals surface area contributed by atoms with Gasteiger partial charge in [-0.15, -0.1) is 0 Å². The van der Waals surface area contributed by atoms with Gasteiger partial charge in [0.05, 0.1) is 10.7 Å². The standard InChI is InChI=1S/C22H23Cl2N3/c1-15-21(24)20(22(26(15)2)16-6-8-18(23)9-7-16)17-4-3-5-19(14-17)27-12-10-25-11-13-27/h3-9,14,25H,10-13H2,1-2H3. The molecule has 1 saturated heterocycles. The van der Waals surface area contributed by atoms with E-state index in [1.54, 1.807) is 0 Å². The van der Waals surface area contributed by atoms with Gasteiger partial charge >= 0.3 is 0 Å². The molecule has 1 aliphatic heterocycles. The second-order valence-corrected chi connectivity index (χ2v) is 7.79. The minimum atomic E-state index is 0.734. The van der Waals surface area contributed by atoms with Crippen LogP contribution in [0.3, 0.4) is 0 Å². The second-order valence-electron chi connectivity index (χ2n) is 6.98. The number of aromatic nitrogens is 1. The predicted molar refractivity (Wildman–Crippen MR) is 116 cm³/mol. The van der Waals surface area contributed by atoms with Gasteiger partial charge in [0.15, 0.2) is 0 Å². The van der Waals surface area contributed by atoms with Gasteiger partial charge in [0.1, 0.15) is 0 Å². The fraction of sp³-hybridized carbons (Fsp3) is 0.273. The average Bonchev–Trinajstić information content (AvgIpc) is 2.93. The Hall–Kier alpha value is -1.94. The van der Waals surface area contributed by atoms with Crippen LogP contribution in [0.15, 0.2) is 48.5 Å². The highest BCUT2D eigenvalue weighted by Crippen LogP contribution is 2.42. The number of benzene rings is 2. The molecule has 1 aromatic heterocycles. The number of nitrogens with one attached hydrogen (secondary N) is 1. The Balaban J connectivity index is 1.84. The monoisotopic (exact) mass is 399 g/mol. The summed E-state index contributed by atoms with van der Waals surface area (Å²) >= 11 is 12.9. The average molecular weight is 400 g/mol. The van der Waals surface area contributed by atoms with Gasteiger partial charge < -0.3 is 14.8 Å². The summed E-state index contributed by atoms with van der Waals surface area (Å²) in [5.41, 5.74) is 6.75. The zero-order valence-electron chi connectivity index (χ0n) is 15.6. The second kappa shape index (κ2) is 7.59. The van der Waals surface area contributed by atoms with Gasteiger partial charge in [-0.05, 0) is 42.3 Å². The van der Waals surface area contributed by atoms with Crippen molar-refractivity contribution in [3.63, 3.8) is 0 Å². The van der Waals surface area contributed by atoms with Gasteiger partial charge in [0.25, 0.3) is 0 Å². The van der Waals surface area contributed by atoms with Gasteiger partial charge in [0.2, 0.25) is 0 Å². The van der Waals surface area contributed by atoms with Gasteiger partial charge in [-0.3, -0.25) is 0 Å². The first-order chi connectivity index (χ1) is 13.1. The Kier molecular flexibility index (Phi) is 5.18. The maximum Gasteiger partial charge on any atom is 0.0697 e. The molecule has 0 saturated carbocycles. The van der Waals surface area contributed by atoms with E-state index < -0.39 is 0 Å². The molecule has 3 nitrogen and oxygen atoms in total. The molecule has 0 amide bonds. The predicted octanol–water partition coefficient (Wildman–Crippen LogP) is 5.38. The molecule has 0 radical (unpaired) electrons. The summed E-state index contributed by atoms with van der Waals surface area (Å²) in [6.07, 6.45) is 0. The lowest BCUT2D eigenvalue weighted by atomic mass is 10.0. The van der Waals surface area contributed by atoms with Crippen molar-refractivity contribution < 1.29 is 0 Å². The molecule has 2 heterocycles. The van der Waals surface area contributed by atoms with E-state index in [1.807, 2.05) is 12.1 Å². The van der Waals surface area contributed by atoms with Crippen molar-refractivity contribution in [2.24, 2.45) is 7.05 Å². The van der Waals surface area contributed by atoms with Crippen LogP contribution in [-0.4, -0.2) is 30.7 Å². The van der Waals surface area contributed by atoms with Gasteiger partial charge in [0, 0.05) is 55.2 Å². The van der Waals surface area contributed by atoms with Crippen molar-refractivity contribution in [2.45, 2.75) is 6.92 Å². The molecule has 140 valence electrons. The fourth-order valence-corrected chi connectivity index (χ4v) is 4.21. The Morgan fingerprint density at radius 1 is 0.926 bits per heavy atom. The Labute approximate surface area is 170 Å². The first-order valence-electron chi connectivity index (χ1n) is 9.23. The molecule has 1 aliphatic rings. The minimum absolute atomic E-state index is 0.734. The highest BCUT2D eigenvalue weighted by Gasteiger charge is 2.21. The van der Waals surface area contributed by atoms with E-state index in [1.165, 1.54) is 5.69 Å². The van der Waals surface area contributed by atoms with Crippen LogP contribution < -0.4 is 10.2 Å². The van der Waals surface area contributed by atoms with E-state index in [-0.39, 0.29) is 0 Å². The highest BCUT2D eigenvalue weighted by molar-refractivity contribution is 6.35. The lowest BCUT2D eigenvalue weighted by molar-refractivity contribution is 0.589. The summed E-state index contributed by atoms with van der Waals surface area (Å²) in [7, 11) is 2.06. The van der Waals surface area contributed by atoms with Crippen molar-refractivity contribution >= 4 is 28.9 Å². The molecule has 2 aromatic carbocycles. The summed E-state index contributed by atoms with van der Waals surface area (Å²) < 4.78 is 2.17. The lowest BCUT2D eigenvalue weighted by Gasteiger charge is -2.29. The molecule has 3 aromatic rings. The van der Waals surface area contributed by atoms with Crippen molar-refractivity contribution in [3.8, 4) is 22.4 Å². The van der Waals surface area contributed by atoms with Crippen LogP contribution in [0.5, 0.6) is 0 Å². The number of hydrogen-bond acceptors (Lipinski definition) is 2. The molecule has 0 spiro atoms. The van der Waals surface area contributed by atoms with E-state index in [9.17, 15) is 0 Å². The molecule has 1 fully saturated rings. The fourth-order valence-electron chi connectivity index (χ4n) is 3.76. The van der Waals surface area contributed by atoms with Crippen LogP contribution in [0.1, 0.15) is 5.69 Å². The highest BCUT2D eigenvalue weighted by atomic mass is 35.5. The molecular weight excluding hydrogens is 377 g/mol. The molecule has 0 atom stereocenters. The Bertz CT molecular complexity index is 954. The SMILES string of the molecule is Cc1c(Cl)c(-c2cccc(N3CCNCC3)c2)c(-c2ccc(Cl)cc2)n1C. The van der Waals surface area contributed by atoms with Crippen LogP contribution in [-0.2, 0) is 7.05 Å². The third-order valence-electron chi connectivity index (χ3n) is 5.35. The zero-order chi connectivity index (χ0) is 19.0. The summed E-state index contributed by atoms with van der Waals surface area (Å²) in [6, 6.07) is 16.7. The Morgan fingerprint density at radius 3 is 2.33 bits per heavy atom. The van der Waals surface area contributed by atoms with E-state index in [2.05, 4.69) is 65.2 Å². The van der Waals surface area contributed by atoms with Gasteiger partial charge in [-0.2, -0.15) is 0 Å². The van der Waals surface area contributed by atoms with E-state index in [0.717, 1.165) is 64.3 Å². The van der Waals surface area contributed by atoms with Crippen molar-refractivity contribution in [3.05, 3.63) is 64.3 Å². The van der Waals surface area contributed by atoms with Gasteiger partial charge in [-0.25, -0.2) is 0 Å². The van der Waals surface area contributed by atoms with E-state index in [4.69, 9.17) is 23.2 Å². The zero-order valence-corrected chi connectivity index (χ0v) is 17.1. The molecule has 1 N–H and O–H groups in total. The van der Waals surface area contributed by atoms with E-state index in [0.29, 0.717) is 0 Å². The summed E-state index contributed by atoms with van der Waals surface area (Å²) in [5, 5.41) is 4.95. The number of rotatable bonds is 3. The summed E-state index contributed by atoms with van der Waals surface area (Å²) in [5.74, 6) is 0. The van der Waals surface area contributed by atoms with Crippen LogP contribution in [0, 0.1) is 6.92 Å². The molecule has 0 aliphatic carbocycles. The lowest BCUT2D eigenvalue weighted by Crippen LogP contribution is -2.43. The molecule has 4 rings (SSSR count). The summed E-state index contributed by atoms with van der Waals surface area (Å²) in [4.78, 5) is 2.42. The first kappa shape index (κ1) is 18.4. The minimum Gasteiger partial charge on any atom is -0.369 e. The van der Waals surface area contributed by atoms with E-state index >= 15 is 0 Å². The van der Waals surface area contributed by atoms with Crippen LogP contribution in [0.2, 0.25) is 10.0 Å². The maximum atomic E-state index is 6.80. The molecule has 27 heavy (non-hydrogen) atoms. The number of hydrogen-bond donors (Lipinski definition) is 1. The van der Waals surface area contributed by atoms with Crippen LogP contribution >= 0.6 is 23.2 Å². The third-order valence-corrected chi connectivity index (χ3v) is 6.06. The van der Waals surface area contributed by atoms with Crippen LogP contribution in [0.25, 0.3) is 22.4 Å². The topological polar surface area (TPSA) is 20.2 Å². The van der Waals surface area contributed by atoms with Gasteiger partial charge in [-0.1, -0.05) is 47.5 Å². The normalized spacial score (nSPS) is 14.6.